The van der Waals surface area contributed by atoms with Crippen LogP contribution in [0.4, 0.5) is 4.39 Å². The van der Waals surface area contributed by atoms with Crippen LogP contribution in [0.25, 0.3) is 0 Å². The standard InChI is InChI=1S/C16H20FNO/c1-10-6-12(17)2-5-15(10)16(19)9-11-7-13-3-4-14(8-11)18-13/h2,5-6,11,13-14,18H,3-4,7-9H2,1H3. The monoisotopic (exact) mass is 261 g/mol. The van der Waals surface area contributed by atoms with E-state index in [4.69, 9.17) is 0 Å². The smallest absolute Gasteiger partial charge is 0.163 e. The van der Waals surface area contributed by atoms with Crippen LogP contribution in [-0.4, -0.2) is 17.9 Å². The van der Waals surface area contributed by atoms with E-state index in [0.29, 0.717) is 30.0 Å². The van der Waals surface area contributed by atoms with E-state index in [1.54, 1.807) is 6.07 Å². The van der Waals surface area contributed by atoms with E-state index in [1.165, 1.54) is 25.0 Å². The molecule has 0 aliphatic carbocycles. The fourth-order valence-corrected chi connectivity index (χ4v) is 3.65. The van der Waals surface area contributed by atoms with Crippen molar-refractivity contribution in [1.82, 2.24) is 5.32 Å². The molecule has 2 atom stereocenters. The number of hydrogen-bond acceptors (Lipinski definition) is 2. The molecule has 2 aliphatic heterocycles. The molecule has 1 aromatic carbocycles. The van der Waals surface area contributed by atoms with Gasteiger partial charge in [-0.1, -0.05) is 0 Å². The molecule has 19 heavy (non-hydrogen) atoms. The molecule has 2 nitrogen and oxygen atoms in total. The highest BCUT2D eigenvalue weighted by atomic mass is 19.1. The molecule has 2 unspecified atom stereocenters. The Hall–Kier alpha value is -1.22. The second-order valence-corrected chi connectivity index (χ2v) is 6.06. The van der Waals surface area contributed by atoms with Gasteiger partial charge in [-0.2, -0.15) is 0 Å². The molecule has 2 heterocycles. The van der Waals surface area contributed by atoms with Crippen LogP contribution in [0.5, 0.6) is 0 Å². The van der Waals surface area contributed by atoms with Crippen LogP contribution in [0.3, 0.4) is 0 Å². The molecule has 102 valence electrons. The van der Waals surface area contributed by atoms with Crippen molar-refractivity contribution in [2.24, 2.45) is 5.92 Å². The maximum Gasteiger partial charge on any atom is 0.163 e. The third kappa shape index (κ3) is 2.71. The van der Waals surface area contributed by atoms with Gasteiger partial charge in [-0.25, -0.2) is 4.39 Å². The van der Waals surface area contributed by atoms with Crippen molar-refractivity contribution in [1.29, 1.82) is 0 Å². The molecule has 2 bridgehead atoms. The normalized spacial score (nSPS) is 29.5. The molecule has 2 saturated heterocycles. The van der Waals surface area contributed by atoms with Crippen LogP contribution in [0.2, 0.25) is 0 Å². The van der Waals surface area contributed by atoms with Crippen molar-refractivity contribution in [2.75, 3.05) is 0 Å². The van der Waals surface area contributed by atoms with Gasteiger partial charge in [0.1, 0.15) is 5.82 Å². The summed E-state index contributed by atoms with van der Waals surface area (Å²) >= 11 is 0. The zero-order valence-electron chi connectivity index (χ0n) is 11.3. The first kappa shape index (κ1) is 12.8. The summed E-state index contributed by atoms with van der Waals surface area (Å²) in [6.07, 6.45) is 5.35. The number of rotatable bonds is 3. The van der Waals surface area contributed by atoms with Crippen LogP contribution in [0, 0.1) is 18.7 Å². The van der Waals surface area contributed by atoms with Crippen molar-refractivity contribution in [2.45, 2.75) is 51.1 Å². The van der Waals surface area contributed by atoms with E-state index in [0.717, 1.165) is 18.4 Å². The SMILES string of the molecule is Cc1cc(F)ccc1C(=O)CC1CC2CCC(C1)N2. The fraction of sp³-hybridized carbons (Fsp3) is 0.562. The van der Waals surface area contributed by atoms with Gasteiger partial charge >= 0.3 is 0 Å². The number of ketones is 1. The van der Waals surface area contributed by atoms with E-state index < -0.39 is 0 Å². The van der Waals surface area contributed by atoms with Crippen molar-refractivity contribution in [3.8, 4) is 0 Å². The molecule has 0 spiro atoms. The largest absolute Gasteiger partial charge is 0.311 e. The summed E-state index contributed by atoms with van der Waals surface area (Å²) in [5.41, 5.74) is 1.44. The van der Waals surface area contributed by atoms with Gasteiger partial charge in [-0.15, -0.1) is 0 Å². The van der Waals surface area contributed by atoms with Crippen molar-refractivity contribution in [3.63, 3.8) is 0 Å². The van der Waals surface area contributed by atoms with Gasteiger partial charge in [-0.05, 0) is 62.3 Å². The molecular weight excluding hydrogens is 241 g/mol. The number of hydrogen-bond donors (Lipinski definition) is 1. The maximum atomic E-state index is 13.1. The molecule has 1 aromatic rings. The lowest BCUT2D eigenvalue weighted by atomic mass is 9.86. The summed E-state index contributed by atoms with van der Waals surface area (Å²) in [5, 5.41) is 3.59. The summed E-state index contributed by atoms with van der Waals surface area (Å²) in [6.45, 7) is 1.81. The number of piperidine rings is 1. The Kier molecular flexibility index (Phi) is 3.40. The summed E-state index contributed by atoms with van der Waals surface area (Å²) in [6, 6.07) is 5.69. The number of nitrogens with one attached hydrogen (secondary N) is 1. The van der Waals surface area contributed by atoms with Crippen LogP contribution >= 0.6 is 0 Å². The Bertz CT molecular complexity index is 488. The predicted molar refractivity (Wildman–Crippen MR) is 72.8 cm³/mol. The molecule has 0 amide bonds. The number of carbonyl (C=O) groups excluding carboxylic acids is 1. The first-order valence-corrected chi connectivity index (χ1v) is 7.17. The number of carbonyl (C=O) groups is 1. The lowest BCUT2D eigenvalue weighted by Crippen LogP contribution is -2.38. The van der Waals surface area contributed by atoms with Gasteiger partial charge in [0.05, 0.1) is 0 Å². The number of Topliss-reactive ketones (excluding diaryl/α,β-unsaturated/α-hetero) is 1. The number of fused-ring (bicyclic) bond motifs is 2. The van der Waals surface area contributed by atoms with Crippen LogP contribution < -0.4 is 5.32 Å². The second kappa shape index (κ2) is 5.04. The average molecular weight is 261 g/mol. The zero-order chi connectivity index (χ0) is 13.4. The Morgan fingerprint density at radius 1 is 1.32 bits per heavy atom. The summed E-state index contributed by atoms with van der Waals surface area (Å²) < 4.78 is 13.1. The van der Waals surface area contributed by atoms with Gasteiger partial charge in [-0.3, -0.25) is 4.79 Å². The number of aryl methyl sites for hydroxylation is 1. The quantitative estimate of drug-likeness (QED) is 0.846. The van der Waals surface area contributed by atoms with Gasteiger partial charge < -0.3 is 5.32 Å². The molecular formula is C16H20FNO. The van der Waals surface area contributed by atoms with Gasteiger partial charge in [0.15, 0.2) is 5.78 Å². The average Bonchev–Trinajstić information content (AvgIpc) is 2.68. The highest BCUT2D eigenvalue weighted by Crippen LogP contribution is 2.33. The van der Waals surface area contributed by atoms with E-state index >= 15 is 0 Å². The van der Waals surface area contributed by atoms with Crippen molar-refractivity contribution < 1.29 is 9.18 Å². The minimum Gasteiger partial charge on any atom is -0.311 e. The van der Waals surface area contributed by atoms with Gasteiger partial charge in [0.25, 0.3) is 0 Å². The predicted octanol–water partition coefficient (Wildman–Crippen LogP) is 3.24. The van der Waals surface area contributed by atoms with E-state index in [9.17, 15) is 9.18 Å². The molecule has 0 aromatic heterocycles. The van der Waals surface area contributed by atoms with Crippen LogP contribution in [-0.2, 0) is 0 Å². The summed E-state index contributed by atoms with van der Waals surface area (Å²) in [4.78, 5) is 12.3. The fourth-order valence-electron chi connectivity index (χ4n) is 3.65. The Morgan fingerprint density at radius 3 is 2.63 bits per heavy atom. The number of halogens is 1. The lowest BCUT2D eigenvalue weighted by molar-refractivity contribution is 0.0945. The molecule has 0 saturated carbocycles. The lowest BCUT2D eigenvalue weighted by Gasteiger charge is -2.28. The molecule has 0 radical (unpaired) electrons. The van der Waals surface area contributed by atoms with Crippen molar-refractivity contribution >= 4 is 5.78 Å². The third-order valence-corrected chi connectivity index (χ3v) is 4.53. The Labute approximate surface area is 113 Å². The minimum atomic E-state index is -0.269. The number of benzene rings is 1. The Morgan fingerprint density at radius 2 is 2.00 bits per heavy atom. The highest BCUT2D eigenvalue weighted by molar-refractivity contribution is 5.97. The summed E-state index contributed by atoms with van der Waals surface area (Å²) in [7, 11) is 0. The first-order valence-electron chi connectivity index (χ1n) is 7.17. The van der Waals surface area contributed by atoms with E-state index in [-0.39, 0.29) is 11.6 Å². The van der Waals surface area contributed by atoms with E-state index in [2.05, 4.69) is 5.32 Å². The van der Waals surface area contributed by atoms with Crippen molar-refractivity contribution in [3.05, 3.63) is 35.1 Å². The topological polar surface area (TPSA) is 29.1 Å². The molecule has 3 heteroatoms. The van der Waals surface area contributed by atoms with Gasteiger partial charge in [0, 0.05) is 24.1 Å². The third-order valence-electron chi connectivity index (χ3n) is 4.53. The maximum absolute atomic E-state index is 13.1. The highest BCUT2D eigenvalue weighted by Gasteiger charge is 2.34. The van der Waals surface area contributed by atoms with Gasteiger partial charge in [0.2, 0.25) is 0 Å². The first-order chi connectivity index (χ1) is 9.11. The minimum absolute atomic E-state index is 0.170. The molecule has 2 aliphatic rings. The molecule has 1 N–H and O–H groups in total. The summed E-state index contributed by atoms with van der Waals surface area (Å²) in [5.74, 6) is 0.397. The van der Waals surface area contributed by atoms with E-state index in [1.807, 2.05) is 6.92 Å². The zero-order valence-corrected chi connectivity index (χ0v) is 11.3. The molecule has 3 rings (SSSR count). The Balaban J connectivity index is 1.68. The second-order valence-electron chi connectivity index (χ2n) is 6.06. The van der Waals surface area contributed by atoms with Crippen LogP contribution in [0.15, 0.2) is 18.2 Å². The van der Waals surface area contributed by atoms with Crippen LogP contribution in [0.1, 0.15) is 48.0 Å². The molecule has 2 fully saturated rings.